The number of β-amino-alcohol motifs (C(OH)–C–C–N with tert-alkyl or cyclic N) is 1. The van der Waals surface area contributed by atoms with Crippen molar-refractivity contribution in [1.82, 2.24) is 14.5 Å². The minimum absolute atomic E-state index is 0.0400. The predicted molar refractivity (Wildman–Crippen MR) is 102 cm³/mol. The number of hydrogen-bond acceptors (Lipinski definition) is 8. The Kier molecular flexibility index (Phi) is 4.82. The number of thiazole rings is 1. The smallest absolute Gasteiger partial charge is 0.343 e. The summed E-state index contributed by atoms with van der Waals surface area (Å²) >= 11 is 1.28. The van der Waals surface area contributed by atoms with Crippen molar-refractivity contribution in [3.8, 4) is 5.13 Å². The van der Waals surface area contributed by atoms with Gasteiger partial charge in [0.25, 0.3) is 0 Å². The molecule has 1 aliphatic rings. The number of anilines is 1. The standard InChI is InChI=1S/C18H17FN4O4S/c1-2-27-17(26)12-9-23(18-20-4-6-28-18)15-11(14(12)25)7-13(19)16(21-15)22-5-3-10(24)8-22/h4,6-7,9-10,24H,2-3,5,8H2,1H3/t10-/m1/s1. The number of nitrogens with zero attached hydrogens (tertiary/aromatic N) is 4. The Balaban J connectivity index is 1.97. The summed E-state index contributed by atoms with van der Waals surface area (Å²) < 4.78 is 21.2. The average Bonchev–Trinajstić information content (AvgIpc) is 3.34. The lowest BCUT2D eigenvalue weighted by molar-refractivity contribution is 0.0524. The van der Waals surface area contributed by atoms with Crippen LogP contribution in [0.3, 0.4) is 0 Å². The van der Waals surface area contributed by atoms with Gasteiger partial charge in [0.15, 0.2) is 22.4 Å². The molecule has 0 radical (unpaired) electrons. The molecule has 3 aromatic rings. The molecule has 3 aromatic heterocycles. The van der Waals surface area contributed by atoms with Gasteiger partial charge >= 0.3 is 5.97 Å². The molecule has 0 saturated carbocycles. The first-order valence-electron chi connectivity index (χ1n) is 8.75. The molecule has 8 nitrogen and oxygen atoms in total. The molecule has 1 fully saturated rings. The highest BCUT2D eigenvalue weighted by Crippen LogP contribution is 2.26. The highest BCUT2D eigenvalue weighted by molar-refractivity contribution is 7.12. The van der Waals surface area contributed by atoms with Crippen LogP contribution in [0.4, 0.5) is 10.2 Å². The zero-order valence-corrected chi connectivity index (χ0v) is 15.8. The Labute approximate surface area is 162 Å². The number of hydrogen-bond donors (Lipinski definition) is 1. The van der Waals surface area contributed by atoms with Crippen molar-refractivity contribution in [2.24, 2.45) is 0 Å². The predicted octanol–water partition coefficient (Wildman–Crippen LogP) is 1.73. The van der Waals surface area contributed by atoms with E-state index in [0.29, 0.717) is 18.1 Å². The molecule has 146 valence electrons. The van der Waals surface area contributed by atoms with Crippen LogP contribution in [-0.2, 0) is 4.74 Å². The Morgan fingerprint density at radius 1 is 1.50 bits per heavy atom. The van der Waals surface area contributed by atoms with Crippen molar-refractivity contribution < 1.29 is 19.0 Å². The number of rotatable bonds is 4. The van der Waals surface area contributed by atoms with E-state index in [1.165, 1.54) is 22.1 Å². The molecule has 0 unspecified atom stereocenters. The number of carbonyl (C=O) groups excluding carboxylic acids is 1. The fraction of sp³-hybridized carbons (Fsp3) is 0.333. The van der Waals surface area contributed by atoms with Crippen molar-refractivity contribution in [3.05, 3.63) is 45.4 Å². The Morgan fingerprint density at radius 3 is 2.96 bits per heavy atom. The molecule has 28 heavy (non-hydrogen) atoms. The van der Waals surface area contributed by atoms with Gasteiger partial charge in [-0.15, -0.1) is 11.3 Å². The van der Waals surface area contributed by atoms with Crippen molar-refractivity contribution in [1.29, 1.82) is 0 Å². The molecule has 0 aromatic carbocycles. The fourth-order valence-electron chi connectivity index (χ4n) is 3.21. The third-order valence-corrected chi connectivity index (χ3v) is 5.27. The van der Waals surface area contributed by atoms with E-state index in [4.69, 9.17) is 4.74 Å². The molecule has 0 bridgehead atoms. The Bertz CT molecular complexity index is 1100. The minimum Gasteiger partial charge on any atom is -0.462 e. The number of ether oxygens (including phenoxy) is 1. The second-order valence-corrected chi connectivity index (χ2v) is 7.20. The van der Waals surface area contributed by atoms with Crippen molar-refractivity contribution >= 4 is 34.2 Å². The zero-order valence-electron chi connectivity index (χ0n) is 15.0. The van der Waals surface area contributed by atoms with Crippen LogP contribution < -0.4 is 10.3 Å². The highest BCUT2D eigenvalue weighted by atomic mass is 32.1. The van der Waals surface area contributed by atoms with E-state index in [1.54, 1.807) is 23.4 Å². The topological polar surface area (TPSA) is 97.6 Å². The quantitative estimate of drug-likeness (QED) is 0.662. The molecule has 1 saturated heterocycles. The number of aliphatic hydroxyl groups is 1. The van der Waals surface area contributed by atoms with E-state index in [1.807, 2.05) is 0 Å². The second kappa shape index (κ2) is 7.28. The van der Waals surface area contributed by atoms with Crippen LogP contribution >= 0.6 is 11.3 Å². The summed E-state index contributed by atoms with van der Waals surface area (Å²) in [7, 11) is 0. The number of halogens is 1. The summed E-state index contributed by atoms with van der Waals surface area (Å²) in [6, 6.07) is 1.08. The molecule has 1 aliphatic heterocycles. The molecule has 0 aliphatic carbocycles. The lowest BCUT2D eigenvalue weighted by Gasteiger charge is -2.19. The molecule has 10 heteroatoms. The van der Waals surface area contributed by atoms with Crippen LogP contribution in [-0.4, -0.2) is 51.4 Å². The van der Waals surface area contributed by atoms with Gasteiger partial charge in [0.2, 0.25) is 5.43 Å². The number of aromatic nitrogens is 3. The Morgan fingerprint density at radius 2 is 2.32 bits per heavy atom. The third kappa shape index (κ3) is 3.14. The van der Waals surface area contributed by atoms with Gasteiger partial charge in [-0.2, -0.15) is 0 Å². The monoisotopic (exact) mass is 404 g/mol. The first-order chi connectivity index (χ1) is 13.5. The maximum atomic E-state index is 14.8. The molecule has 1 atom stereocenters. The summed E-state index contributed by atoms with van der Waals surface area (Å²) in [4.78, 5) is 35.3. The molecule has 0 amide bonds. The van der Waals surface area contributed by atoms with Gasteiger partial charge in [0.05, 0.1) is 18.1 Å². The van der Waals surface area contributed by atoms with Gasteiger partial charge in [0, 0.05) is 30.9 Å². The SMILES string of the molecule is CCOC(=O)c1cn(-c2nccs2)c2nc(N3CC[C@@H](O)C3)c(F)cc2c1=O. The summed E-state index contributed by atoms with van der Waals surface area (Å²) in [6.07, 6.45) is 2.87. The van der Waals surface area contributed by atoms with Crippen molar-refractivity contribution in [3.63, 3.8) is 0 Å². The van der Waals surface area contributed by atoms with Gasteiger partial charge in [0.1, 0.15) is 5.56 Å². The first-order valence-corrected chi connectivity index (χ1v) is 9.63. The van der Waals surface area contributed by atoms with Gasteiger partial charge in [-0.25, -0.2) is 19.2 Å². The van der Waals surface area contributed by atoms with Crippen molar-refractivity contribution in [2.45, 2.75) is 19.4 Å². The Hall–Kier alpha value is -2.85. The number of carbonyl (C=O) groups is 1. The van der Waals surface area contributed by atoms with Gasteiger partial charge in [-0.3, -0.25) is 9.36 Å². The molecular weight excluding hydrogens is 387 g/mol. The first kappa shape index (κ1) is 18.5. The summed E-state index contributed by atoms with van der Waals surface area (Å²) in [6.45, 7) is 2.46. The van der Waals surface area contributed by atoms with Crippen LogP contribution in [0.15, 0.2) is 28.6 Å². The van der Waals surface area contributed by atoms with E-state index in [9.17, 15) is 19.1 Å². The number of fused-ring (bicyclic) bond motifs is 1. The van der Waals surface area contributed by atoms with Crippen LogP contribution in [0, 0.1) is 5.82 Å². The van der Waals surface area contributed by atoms with E-state index in [0.717, 1.165) is 6.07 Å². The normalized spacial score (nSPS) is 16.7. The average molecular weight is 404 g/mol. The van der Waals surface area contributed by atoms with Gasteiger partial charge in [-0.05, 0) is 19.4 Å². The van der Waals surface area contributed by atoms with Gasteiger partial charge < -0.3 is 14.7 Å². The lowest BCUT2D eigenvalue weighted by atomic mass is 10.2. The van der Waals surface area contributed by atoms with E-state index < -0.39 is 23.3 Å². The second-order valence-electron chi connectivity index (χ2n) is 6.33. The van der Waals surface area contributed by atoms with E-state index in [2.05, 4.69) is 9.97 Å². The third-order valence-electron chi connectivity index (χ3n) is 4.50. The molecule has 4 rings (SSSR count). The lowest BCUT2D eigenvalue weighted by Crippen LogP contribution is -2.25. The van der Waals surface area contributed by atoms with Crippen LogP contribution in [0.1, 0.15) is 23.7 Å². The van der Waals surface area contributed by atoms with Crippen molar-refractivity contribution in [2.75, 3.05) is 24.6 Å². The minimum atomic E-state index is -0.785. The largest absolute Gasteiger partial charge is 0.462 e. The number of aliphatic hydroxyl groups excluding tert-OH is 1. The summed E-state index contributed by atoms with van der Waals surface area (Å²) in [5.74, 6) is -1.42. The highest BCUT2D eigenvalue weighted by Gasteiger charge is 2.26. The molecule has 0 spiro atoms. The van der Waals surface area contributed by atoms with Gasteiger partial charge in [-0.1, -0.05) is 0 Å². The molecular formula is C18H17FN4O4S. The molecule has 1 N–H and O–H groups in total. The van der Waals surface area contributed by atoms with E-state index in [-0.39, 0.29) is 35.6 Å². The number of esters is 1. The van der Waals surface area contributed by atoms with Crippen LogP contribution in [0.2, 0.25) is 0 Å². The summed E-state index contributed by atoms with van der Waals surface area (Å²) in [5.41, 5.74) is -0.679. The number of pyridine rings is 2. The molecule has 4 heterocycles. The maximum Gasteiger partial charge on any atom is 0.343 e. The van der Waals surface area contributed by atoms with Crippen LogP contribution in [0.5, 0.6) is 0 Å². The fourth-order valence-corrected chi connectivity index (χ4v) is 3.82. The summed E-state index contributed by atoms with van der Waals surface area (Å²) in [5, 5.41) is 11.9. The zero-order chi connectivity index (χ0) is 19.8. The van der Waals surface area contributed by atoms with E-state index >= 15 is 0 Å². The van der Waals surface area contributed by atoms with Crippen LogP contribution in [0.25, 0.3) is 16.2 Å². The maximum absolute atomic E-state index is 14.8.